The molecule has 138 valence electrons. The fraction of sp³-hybridized carbons (Fsp3) is 0.158. The number of aromatic nitrogens is 1. The van der Waals surface area contributed by atoms with Gasteiger partial charge < -0.3 is 9.84 Å². The molecule has 2 aromatic carbocycles. The zero-order chi connectivity index (χ0) is 19.6. The standard InChI is InChI=1S/C19H13F3N2O2S/c1-2-26-16-8-11(3-5-15(16)25)7-12(10-23)18-24-14-9-13(19(20,21)22)4-6-17(14)27-18/h3-9,25H,2H2,1H3. The van der Waals surface area contributed by atoms with Crippen molar-refractivity contribution in [1.29, 1.82) is 5.26 Å². The quantitative estimate of drug-likeness (QED) is 0.599. The van der Waals surface area contributed by atoms with Crippen molar-refractivity contribution in [3.05, 3.63) is 52.5 Å². The zero-order valence-corrected chi connectivity index (χ0v) is 14.9. The van der Waals surface area contributed by atoms with Gasteiger partial charge in [-0.25, -0.2) is 4.98 Å². The first-order valence-corrected chi connectivity index (χ1v) is 8.69. The Hall–Kier alpha value is -3.05. The summed E-state index contributed by atoms with van der Waals surface area (Å²) in [7, 11) is 0. The number of hydrogen-bond donors (Lipinski definition) is 1. The minimum atomic E-state index is -4.45. The van der Waals surface area contributed by atoms with E-state index in [4.69, 9.17) is 4.74 Å². The molecule has 0 saturated heterocycles. The lowest BCUT2D eigenvalue weighted by molar-refractivity contribution is -0.137. The van der Waals surface area contributed by atoms with Crippen LogP contribution in [-0.4, -0.2) is 16.7 Å². The second-order valence-electron chi connectivity index (χ2n) is 5.53. The van der Waals surface area contributed by atoms with Crippen molar-refractivity contribution in [3.63, 3.8) is 0 Å². The Bertz CT molecular complexity index is 1060. The lowest BCUT2D eigenvalue weighted by Gasteiger charge is -2.06. The number of alkyl halides is 3. The molecular formula is C19H13F3N2O2S. The van der Waals surface area contributed by atoms with Crippen molar-refractivity contribution in [2.45, 2.75) is 13.1 Å². The van der Waals surface area contributed by atoms with Gasteiger partial charge in [0.25, 0.3) is 0 Å². The van der Waals surface area contributed by atoms with Gasteiger partial charge in [0.05, 0.1) is 28.0 Å². The van der Waals surface area contributed by atoms with E-state index in [1.807, 2.05) is 6.07 Å². The number of halogens is 3. The Balaban J connectivity index is 2.02. The molecule has 0 atom stereocenters. The lowest BCUT2D eigenvalue weighted by Crippen LogP contribution is -2.03. The number of benzene rings is 2. The van der Waals surface area contributed by atoms with Crippen LogP contribution in [-0.2, 0) is 6.18 Å². The first-order valence-electron chi connectivity index (χ1n) is 7.87. The van der Waals surface area contributed by atoms with Crippen LogP contribution in [0, 0.1) is 11.3 Å². The molecule has 3 aromatic rings. The summed E-state index contributed by atoms with van der Waals surface area (Å²) in [6.45, 7) is 2.14. The zero-order valence-electron chi connectivity index (χ0n) is 14.0. The maximum atomic E-state index is 12.8. The van der Waals surface area contributed by atoms with Gasteiger partial charge in [0, 0.05) is 0 Å². The minimum absolute atomic E-state index is 0.0211. The van der Waals surface area contributed by atoms with Crippen LogP contribution in [0.4, 0.5) is 13.2 Å². The molecule has 1 aromatic heterocycles. The summed E-state index contributed by atoms with van der Waals surface area (Å²) >= 11 is 1.14. The van der Waals surface area contributed by atoms with Crippen molar-refractivity contribution in [1.82, 2.24) is 4.98 Å². The van der Waals surface area contributed by atoms with Crippen molar-refractivity contribution < 1.29 is 23.0 Å². The molecule has 0 aliphatic rings. The van der Waals surface area contributed by atoms with Gasteiger partial charge in [-0.05, 0) is 48.9 Å². The molecule has 0 radical (unpaired) electrons. The van der Waals surface area contributed by atoms with Gasteiger partial charge in [0.15, 0.2) is 11.5 Å². The van der Waals surface area contributed by atoms with Crippen LogP contribution in [0.3, 0.4) is 0 Å². The van der Waals surface area contributed by atoms with Crippen LogP contribution in [0.2, 0.25) is 0 Å². The topological polar surface area (TPSA) is 66.1 Å². The molecule has 0 bridgehead atoms. The molecule has 8 heteroatoms. The molecule has 0 fully saturated rings. The van der Waals surface area contributed by atoms with Gasteiger partial charge in [-0.2, -0.15) is 18.4 Å². The van der Waals surface area contributed by atoms with Gasteiger partial charge in [-0.15, -0.1) is 11.3 Å². The van der Waals surface area contributed by atoms with E-state index in [1.54, 1.807) is 25.1 Å². The van der Waals surface area contributed by atoms with E-state index in [0.717, 1.165) is 23.5 Å². The van der Waals surface area contributed by atoms with Crippen LogP contribution in [0.25, 0.3) is 21.9 Å². The second-order valence-corrected chi connectivity index (χ2v) is 6.56. The van der Waals surface area contributed by atoms with Gasteiger partial charge in [-0.3, -0.25) is 0 Å². The van der Waals surface area contributed by atoms with Crippen LogP contribution in [0.5, 0.6) is 11.5 Å². The second kappa shape index (κ2) is 7.29. The molecule has 0 aliphatic heterocycles. The van der Waals surface area contributed by atoms with Crippen molar-refractivity contribution in [2.75, 3.05) is 6.61 Å². The summed E-state index contributed by atoms with van der Waals surface area (Å²) in [5, 5.41) is 19.5. The van der Waals surface area contributed by atoms with E-state index >= 15 is 0 Å². The molecule has 3 rings (SSSR count). The fourth-order valence-electron chi connectivity index (χ4n) is 2.42. The molecule has 1 N–H and O–H groups in total. The summed E-state index contributed by atoms with van der Waals surface area (Å²) in [5.74, 6) is 0.259. The van der Waals surface area contributed by atoms with Gasteiger partial charge in [-0.1, -0.05) is 6.07 Å². The minimum Gasteiger partial charge on any atom is -0.504 e. The highest BCUT2D eigenvalue weighted by Gasteiger charge is 2.30. The smallest absolute Gasteiger partial charge is 0.416 e. The average molecular weight is 390 g/mol. The van der Waals surface area contributed by atoms with E-state index < -0.39 is 11.7 Å². The number of phenolic OH excluding ortho intramolecular Hbond substituents is 1. The predicted molar refractivity (Wildman–Crippen MR) is 97.4 cm³/mol. The monoisotopic (exact) mass is 390 g/mol. The third kappa shape index (κ3) is 4.04. The molecule has 0 spiro atoms. The highest BCUT2D eigenvalue weighted by Crippen LogP contribution is 2.35. The average Bonchev–Trinajstić information content (AvgIpc) is 3.04. The highest BCUT2D eigenvalue weighted by molar-refractivity contribution is 7.19. The molecule has 1 heterocycles. The number of nitrogens with zero attached hydrogens (tertiary/aromatic N) is 2. The Morgan fingerprint density at radius 2 is 2.07 bits per heavy atom. The Morgan fingerprint density at radius 1 is 1.30 bits per heavy atom. The summed E-state index contributed by atoms with van der Waals surface area (Å²) in [6, 6.07) is 9.96. The number of nitriles is 1. The van der Waals surface area contributed by atoms with Crippen LogP contribution in [0.1, 0.15) is 23.1 Å². The van der Waals surface area contributed by atoms with Gasteiger partial charge in [0.1, 0.15) is 11.1 Å². The van der Waals surface area contributed by atoms with E-state index in [0.29, 0.717) is 21.9 Å². The number of ether oxygens (including phenoxy) is 1. The predicted octanol–water partition coefficient (Wildman–Crippen LogP) is 5.48. The van der Waals surface area contributed by atoms with Gasteiger partial charge >= 0.3 is 6.18 Å². The first kappa shape index (κ1) is 18.7. The number of aromatic hydroxyl groups is 1. The maximum absolute atomic E-state index is 12.8. The summed E-state index contributed by atoms with van der Waals surface area (Å²) in [5.41, 5.74) is 0.210. The Morgan fingerprint density at radius 3 is 2.74 bits per heavy atom. The van der Waals surface area contributed by atoms with Crippen molar-refractivity contribution in [2.24, 2.45) is 0 Å². The summed E-state index contributed by atoms with van der Waals surface area (Å²) < 4.78 is 44.4. The molecule has 27 heavy (non-hydrogen) atoms. The molecule has 0 aliphatic carbocycles. The molecular weight excluding hydrogens is 377 g/mol. The lowest BCUT2D eigenvalue weighted by atomic mass is 10.1. The van der Waals surface area contributed by atoms with Crippen LogP contribution >= 0.6 is 11.3 Å². The normalized spacial score (nSPS) is 12.2. The van der Waals surface area contributed by atoms with E-state index in [9.17, 15) is 23.5 Å². The van der Waals surface area contributed by atoms with Crippen LogP contribution < -0.4 is 4.74 Å². The fourth-order valence-corrected chi connectivity index (χ4v) is 3.33. The molecule has 0 unspecified atom stereocenters. The number of phenols is 1. The molecule has 0 amide bonds. The number of thiazole rings is 1. The van der Waals surface area contributed by atoms with Crippen LogP contribution in [0.15, 0.2) is 36.4 Å². The number of fused-ring (bicyclic) bond motifs is 1. The van der Waals surface area contributed by atoms with Crippen molar-refractivity contribution >= 4 is 33.2 Å². The Kier molecular flexibility index (Phi) is 5.06. The van der Waals surface area contributed by atoms with E-state index in [-0.39, 0.29) is 22.6 Å². The maximum Gasteiger partial charge on any atom is 0.416 e. The van der Waals surface area contributed by atoms with Gasteiger partial charge in [0.2, 0.25) is 0 Å². The van der Waals surface area contributed by atoms with E-state index in [2.05, 4.69) is 4.98 Å². The number of rotatable bonds is 4. The largest absolute Gasteiger partial charge is 0.504 e. The highest BCUT2D eigenvalue weighted by atomic mass is 32.1. The number of hydrogen-bond acceptors (Lipinski definition) is 5. The van der Waals surface area contributed by atoms with Crippen molar-refractivity contribution in [3.8, 4) is 17.6 Å². The SMILES string of the molecule is CCOc1cc(C=C(C#N)c2nc3cc(C(F)(F)F)ccc3s2)ccc1O. The molecule has 4 nitrogen and oxygen atoms in total. The first-order chi connectivity index (χ1) is 12.8. The third-order valence-corrected chi connectivity index (χ3v) is 4.73. The number of allylic oxidation sites excluding steroid dienone is 1. The van der Waals surface area contributed by atoms with E-state index in [1.165, 1.54) is 12.1 Å². The molecule has 0 saturated carbocycles. The summed E-state index contributed by atoms with van der Waals surface area (Å²) in [4.78, 5) is 4.18. The third-order valence-electron chi connectivity index (χ3n) is 3.66. The summed E-state index contributed by atoms with van der Waals surface area (Å²) in [6.07, 6.45) is -2.90. The Labute approximate surface area is 156 Å².